The maximum Gasteiger partial charge on any atom is 0.265 e. The van der Waals surface area contributed by atoms with Gasteiger partial charge in [0.15, 0.2) is 0 Å². The highest BCUT2D eigenvalue weighted by Gasteiger charge is 2.20. The summed E-state index contributed by atoms with van der Waals surface area (Å²) < 4.78 is 26.7. The molecule has 0 spiro atoms. The molecule has 0 aliphatic carbocycles. The Hall–Kier alpha value is -2.24. The molecular formula is C12H10ClN5O2S. The Labute approximate surface area is 126 Å². The van der Waals surface area contributed by atoms with Crippen molar-refractivity contribution >= 4 is 27.6 Å². The third-order valence-corrected chi connectivity index (χ3v) is 4.48. The predicted octanol–water partition coefficient (Wildman–Crippen LogP) is 1.81. The smallest absolute Gasteiger partial charge is 0.246 e. The summed E-state index contributed by atoms with van der Waals surface area (Å²) in [5.74, 6) is -0.140. The third kappa shape index (κ3) is 3.26. The average Bonchev–Trinajstić information content (AvgIpc) is 2.42. The summed E-state index contributed by atoms with van der Waals surface area (Å²) in [6, 6.07) is 5.76. The van der Waals surface area contributed by atoms with E-state index in [9.17, 15) is 8.42 Å². The third-order valence-electron chi connectivity index (χ3n) is 2.67. The molecule has 1 aromatic carbocycles. The van der Waals surface area contributed by atoms with Gasteiger partial charge in [-0.15, -0.1) is 5.10 Å². The van der Waals surface area contributed by atoms with Crippen LogP contribution in [0.2, 0.25) is 5.02 Å². The average molecular weight is 324 g/mol. The predicted molar refractivity (Wildman–Crippen MR) is 76.3 cm³/mol. The molecule has 2 aromatic rings. The number of hydrogen-bond acceptors (Lipinski definition) is 6. The zero-order chi connectivity index (χ0) is 15.6. The molecular weight excluding hydrogens is 314 g/mol. The van der Waals surface area contributed by atoms with Gasteiger partial charge in [0.1, 0.15) is 4.90 Å². The fraction of sp³-hybridized carbons (Fsp3) is 0.167. The fourth-order valence-corrected chi connectivity index (χ4v) is 2.95. The fourth-order valence-electron chi connectivity index (χ4n) is 1.46. The number of aromatic nitrogens is 3. The number of aryl methyl sites for hydroxylation is 2. The van der Waals surface area contributed by atoms with Crippen molar-refractivity contribution in [2.24, 2.45) is 0 Å². The first-order valence-corrected chi connectivity index (χ1v) is 7.60. The van der Waals surface area contributed by atoms with E-state index in [1.54, 1.807) is 13.8 Å². The summed E-state index contributed by atoms with van der Waals surface area (Å²) in [5, 5.41) is 16.1. The Morgan fingerprint density at radius 2 is 1.95 bits per heavy atom. The number of nitrogens with one attached hydrogen (secondary N) is 1. The Morgan fingerprint density at radius 1 is 1.24 bits per heavy atom. The van der Waals surface area contributed by atoms with Gasteiger partial charge in [0.05, 0.1) is 28.0 Å². The van der Waals surface area contributed by atoms with E-state index in [0.29, 0.717) is 11.4 Å². The largest absolute Gasteiger partial charge is 0.265 e. The molecule has 2 rings (SSSR count). The summed E-state index contributed by atoms with van der Waals surface area (Å²) in [5.41, 5.74) is 1.44. The van der Waals surface area contributed by atoms with Gasteiger partial charge in [-0.05, 0) is 32.0 Å². The van der Waals surface area contributed by atoms with E-state index in [2.05, 4.69) is 19.9 Å². The molecule has 0 fully saturated rings. The van der Waals surface area contributed by atoms with Crippen LogP contribution in [0.1, 0.15) is 17.0 Å². The minimum atomic E-state index is -3.95. The maximum absolute atomic E-state index is 12.2. The second-order valence-corrected chi connectivity index (χ2v) is 6.23. The van der Waals surface area contributed by atoms with Crippen molar-refractivity contribution in [1.82, 2.24) is 15.2 Å². The van der Waals surface area contributed by atoms with Gasteiger partial charge in [-0.2, -0.15) is 10.4 Å². The number of nitrogens with zero attached hydrogens (tertiary/aromatic N) is 4. The number of sulfonamides is 1. The number of nitriles is 1. The molecule has 0 aliphatic heterocycles. The number of anilines is 1. The normalized spacial score (nSPS) is 11.0. The van der Waals surface area contributed by atoms with E-state index in [4.69, 9.17) is 16.9 Å². The lowest BCUT2D eigenvalue weighted by Gasteiger charge is -2.08. The summed E-state index contributed by atoms with van der Waals surface area (Å²) >= 11 is 5.89. The Bertz CT molecular complexity index is 845. The minimum absolute atomic E-state index is 0.0571. The van der Waals surface area contributed by atoms with Crippen molar-refractivity contribution in [3.05, 3.63) is 40.2 Å². The summed E-state index contributed by atoms with van der Waals surface area (Å²) in [6.07, 6.45) is 0. The molecule has 9 heteroatoms. The molecule has 0 aliphatic rings. The van der Waals surface area contributed by atoms with Crippen LogP contribution in [-0.2, 0) is 10.0 Å². The molecule has 108 valence electrons. The van der Waals surface area contributed by atoms with Crippen LogP contribution < -0.4 is 4.72 Å². The van der Waals surface area contributed by atoms with Crippen molar-refractivity contribution in [3.63, 3.8) is 0 Å². The van der Waals surface area contributed by atoms with Crippen LogP contribution in [0.15, 0.2) is 23.1 Å². The minimum Gasteiger partial charge on any atom is -0.246 e. The summed E-state index contributed by atoms with van der Waals surface area (Å²) in [6.45, 7) is 3.40. The van der Waals surface area contributed by atoms with Gasteiger partial charge in [-0.25, -0.2) is 18.1 Å². The van der Waals surface area contributed by atoms with Gasteiger partial charge in [-0.1, -0.05) is 11.6 Å². The first-order valence-electron chi connectivity index (χ1n) is 5.74. The van der Waals surface area contributed by atoms with Crippen LogP contribution >= 0.6 is 11.6 Å². The van der Waals surface area contributed by atoms with Crippen molar-refractivity contribution in [1.29, 1.82) is 5.26 Å². The maximum atomic E-state index is 12.2. The lowest BCUT2D eigenvalue weighted by atomic mass is 10.2. The molecule has 0 unspecified atom stereocenters. The monoisotopic (exact) mass is 323 g/mol. The SMILES string of the molecule is Cc1nnc(NS(=O)(=O)c2ccc(C#N)cc2Cl)nc1C. The van der Waals surface area contributed by atoms with Crippen LogP contribution in [-0.4, -0.2) is 23.6 Å². The molecule has 0 radical (unpaired) electrons. The molecule has 0 amide bonds. The molecule has 1 aromatic heterocycles. The quantitative estimate of drug-likeness (QED) is 0.922. The van der Waals surface area contributed by atoms with Crippen molar-refractivity contribution in [2.75, 3.05) is 4.72 Å². The first kappa shape index (κ1) is 15.2. The molecule has 1 N–H and O–H groups in total. The highest BCUT2D eigenvalue weighted by atomic mass is 35.5. The van der Waals surface area contributed by atoms with Crippen LogP contribution in [0.3, 0.4) is 0 Å². The Morgan fingerprint density at radius 3 is 2.52 bits per heavy atom. The van der Waals surface area contributed by atoms with Gasteiger partial charge >= 0.3 is 0 Å². The summed E-state index contributed by atoms with van der Waals surface area (Å²) in [7, 11) is -3.95. The highest BCUT2D eigenvalue weighted by Crippen LogP contribution is 2.23. The molecule has 21 heavy (non-hydrogen) atoms. The molecule has 1 heterocycles. The van der Waals surface area contributed by atoms with Gasteiger partial charge in [0.2, 0.25) is 0 Å². The number of benzene rings is 1. The zero-order valence-corrected chi connectivity index (χ0v) is 12.7. The molecule has 0 bridgehead atoms. The Balaban J connectivity index is 2.38. The summed E-state index contributed by atoms with van der Waals surface area (Å²) in [4.78, 5) is 3.83. The van der Waals surface area contributed by atoms with E-state index in [1.165, 1.54) is 18.2 Å². The first-order chi connectivity index (χ1) is 9.83. The van der Waals surface area contributed by atoms with Crippen molar-refractivity contribution in [3.8, 4) is 6.07 Å². The molecule has 7 nitrogen and oxygen atoms in total. The molecule has 0 atom stereocenters. The molecule has 0 saturated carbocycles. The number of hydrogen-bond donors (Lipinski definition) is 1. The standard InChI is InChI=1S/C12H10ClN5O2S/c1-7-8(2)16-17-12(15-7)18-21(19,20)11-4-3-9(6-14)5-10(11)13/h3-5H,1-2H3,(H,15,17,18). The van der Waals surface area contributed by atoms with E-state index in [0.717, 1.165) is 0 Å². The van der Waals surface area contributed by atoms with Gasteiger partial charge < -0.3 is 0 Å². The zero-order valence-electron chi connectivity index (χ0n) is 11.1. The molecule has 0 saturated heterocycles. The lowest BCUT2D eigenvalue weighted by molar-refractivity contribution is 0.600. The van der Waals surface area contributed by atoms with E-state index in [1.807, 2.05) is 6.07 Å². The number of halogens is 1. The van der Waals surface area contributed by atoms with Gasteiger partial charge in [0.25, 0.3) is 16.0 Å². The second-order valence-electron chi connectivity index (χ2n) is 4.17. The Kier molecular flexibility index (Phi) is 4.06. The van der Waals surface area contributed by atoms with Crippen molar-refractivity contribution in [2.45, 2.75) is 18.7 Å². The van der Waals surface area contributed by atoms with Crippen LogP contribution in [0.4, 0.5) is 5.95 Å². The van der Waals surface area contributed by atoms with E-state index >= 15 is 0 Å². The van der Waals surface area contributed by atoms with E-state index in [-0.39, 0.29) is 21.4 Å². The van der Waals surface area contributed by atoms with Gasteiger partial charge in [-0.3, -0.25) is 0 Å². The van der Waals surface area contributed by atoms with Crippen molar-refractivity contribution < 1.29 is 8.42 Å². The van der Waals surface area contributed by atoms with Crippen LogP contribution in [0.5, 0.6) is 0 Å². The second kappa shape index (κ2) is 5.63. The van der Waals surface area contributed by atoms with Crippen LogP contribution in [0.25, 0.3) is 0 Å². The topological polar surface area (TPSA) is 109 Å². The lowest BCUT2D eigenvalue weighted by Crippen LogP contribution is -2.16. The van der Waals surface area contributed by atoms with Gasteiger partial charge in [0, 0.05) is 0 Å². The van der Waals surface area contributed by atoms with Crippen LogP contribution in [0, 0.1) is 25.2 Å². The highest BCUT2D eigenvalue weighted by molar-refractivity contribution is 7.92. The number of rotatable bonds is 3. The van der Waals surface area contributed by atoms with E-state index < -0.39 is 10.0 Å².